The van der Waals surface area contributed by atoms with Gasteiger partial charge in [-0.25, -0.2) is 0 Å². The first kappa shape index (κ1) is 32.6. The zero-order valence-electron chi connectivity index (χ0n) is 24.2. The number of unbranched alkanes of at least 4 members (excludes halogenated alkanes) is 1. The van der Waals surface area contributed by atoms with Crippen LogP contribution in [0.4, 0.5) is 5.69 Å². The van der Waals surface area contributed by atoms with E-state index < -0.39 is 23.9 Å². The molecule has 0 unspecified atom stereocenters. The van der Waals surface area contributed by atoms with Gasteiger partial charge in [0.1, 0.15) is 24.4 Å². The minimum absolute atomic E-state index is 0.0539. The van der Waals surface area contributed by atoms with E-state index in [0.29, 0.717) is 62.4 Å². The minimum atomic E-state index is -0.909. The highest BCUT2D eigenvalue weighted by molar-refractivity contribution is 6.00. The van der Waals surface area contributed by atoms with Gasteiger partial charge in [-0.3, -0.25) is 19.4 Å². The third-order valence-corrected chi connectivity index (χ3v) is 6.55. The fourth-order valence-corrected chi connectivity index (χ4v) is 4.24. The molecular formula is C32H41N7O4. The Morgan fingerprint density at radius 2 is 1.37 bits per heavy atom. The topological polar surface area (TPSA) is 187 Å². The summed E-state index contributed by atoms with van der Waals surface area (Å²) in [4.78, 5) is 43.6. The van der Waals surface area contributed by atoms with E-state index in [1.165, 1.54) is 0 Å². The highest BCUT2D eigenvalue weighted by Gasteiger charge is 2.27. The summed E-state index contributed by atoms with van der Waals surface area (Å²) in [6.45, 7) is 1.18. The van der Waals surface area contributed by atoms with Crippen molar-refractivity contribution in [3.8, 4) is 5.75 Å². The van der Waals surface area contributed by atoms with Crippen molar-refractivity contribution in [1.29, 1.82) is 0 Å². The predicted molar refractivity (Wildman–Crippen MR) is 168 cm³/mol. The van der Waals surface area contributed by atoms with Gasteiger partial charge in [0, 0.05) is 17.8 Å². The number of hydrogen-bond acceptors (Lipinski definition) is 6. The average molecular weight is 588 g/mol. The SMILES string of the molecule is NCCCC[C@H](NC(=O)[C@H](CCCN=C(N)N)NC(=O)c1ccccc1)C(=O)Nc1ccc(OCc2ccccc2)cc1. The van der Waals surface area contributed by atoms with Gasteiger partial charge in [0.2, 0.25) is 11.8 Å². The summed E-state index contributed by atoms with van der Waals surface area (Å²) in [6, 6.07) is 23.7. The molecule has 11 nitrogen and oxygen atoms in total. The second kappa shape index (κ2) is 17.8. The summed E-state index contributed by atoms with van der Waals surface area (Å²) in [5, 5.41) is 8.49. The summed E-state index contributed by atoms with van der Waals surface area (Å²) >= 11 is 0. The number of rotatable bonds is 17. The van der Waals surface area contributed by atoms with Crippen LogP contribution >= 0.6 is 0 Å². The molecule has 0 heterocycles. The molecule has 0 aliphatic carbocycles. The van der Waals surface area contributed by atoms with Crippen molar-refractivity contribution in [2.75, 3.05) is 18.4 Å². The van der Waals surface area contributed by atoms with Crippen LogP contribution < -0.4 is 37.9 Å². The van der Waals surface area contributed by atoms with Crippen molar-refractivity contribution in [3.05, 3.63) is 96.1 Å². The first-order valence-corrected chi connectivity index (χ1v) is 14.3. The van der Waals surface area contributed by atoms with Gasteiger partial charge in [-0.15, -0.1) is 0 Å². The maximum absolute atomic E-state index is 13.4. The molecule has 11 heteroatoms. The molecule has 0 bridgehead atoms. The molecule has 0 fully saturated rings. The minimum Gasteiger partial charge on any atom is -0.489 e. The molecule has 3 amide bonds. The lowest BCUT2D eigenvalue weighted by Crippen LogP contribution is -2.52. The Morgan fingerprint density at radius 3 is 2.02 bits per heavy atom. The summed E-state index contributed by atoms with van der Waals surface area (Å²) in [7, 11) is 0. The summed E-state index contributed by atoms with van der Waals surface area (Å²) in [5.74, 6) is -0.654. The van der Waals surface area contributed by atoms with Crippen LogP contribution in [0.1, 0.15) is 48.0 Å². The molecule has 0 saturated carbocycles. The van der Waals surface area contributed by atoms with Crippen LogP contribution in [0, 0.1) is 0 Å². The number of nitrogens with two attached hydrogens (primary N) is 3. The van der Waals surface area contributed by atoms with Gasteiger partial charge in [0.25, 0.3) is 5.91 Å². The van der Waals surface area contributed by atoms with E-state index in [-0.39, 0.29) is 18.3 Å². The number of guanidine groups is 1. The molecule has 0 aliphatic rings. The smallest absolute Gasteiger partial charge is 0.251 e. The lowest BCUT2D eigenvalue weighted by molar-refractivity contribution is -0.128. The van der Waals surface area contributed by atoms with Crippen LogP contribution in [0.25, 0.3) is 0 Å². The number of carbonyl (C=O) groups excluding carboxylic acids is 3. The van der Waals surface area contributed by atoms with Gasteiger partial charge < -0.3 is 37.9 Å². The van der Waals surface area contributed by atoms with E-state index in [1.54, 1.807) is 54.6 Å². The highest BCUT2D eigenvalue weighted by Crippen LogP contribution is 2.18. The molecule has 2 atom stereocenters. The van der Waals surface area contributed by atoms with Gasteiger partial charge in [0.15, 0.2) is 5.96 Å². The Bertz CT molecular complexity index is 1310. The second-order valence-electron chi connectivity index (χ2n) is 9.97. The third kappa shape index (κ3) is 11.9. The maximum atomic E-state index is 13.4. The average Bonchev–Trinajstić information content (AvgIpc) is 3.02. The molecule has 43 heavy (non-hydrogen) atoms. The quantitative estimate of drug-likeness (QED) is 0.0795. The van der Waals surface area contributed by atoms with Gasteiger partial charge >= 0.3 is 0 Å². The van der Waals surface area contributed by atoms with Crippen molar-refractivity contribution < 1.29 is 19.1 Å². The Labute approximate surface area is 252 Å². The number of anilines is 1. The van der Waals surface area contributed by atoms with E-state index >= 15 is 0 Å². The molecule has 9 N–H and O–H groups in total. The van der Waals surface area contributed by atoms with Gasteiger partial charge in [-0.05, 0) is 80.6 Å². The number of nitrogens with one attached hydrogen (secondary N) is 3. The van der Waals surface area contributed by atoms with Crippen molar-refractivity contribution in [1.82, 2.24) is 10.6 Å². The number of benzene rings is 3. The largest absolute Gasteiger partial charge is 0.489 e. The lowest BCUT2D eigenvalue weighted by atomic mass is 10.1. The maximum Gasteiger partial charge on any atom is 0.251 e. The number of ether oxygens (including phenoxy) is 1. The Balaban J connectivity index is 1.66. The molecule has 0 radical (unpaired) electrons. The zero-order chi connectivity index (χ0) is 30.9. The normalized spacial score (nSPS) is 11.9. The molecule has 0 spiro atoms. The summed E-state index contributed by atoms with van der Waals surface area (Å²) in [5.41, 5.74) is 18.5. The standard InChI is InChI=1S/C32H41N7O4/c33-20-8-7-14-27(30(41)37-25-16-18-26(19-17-25)43-22-23-10-3-1-4-11-23)39-31(42)28(15-9-21-36-32(34)35)38-29(40)24-12-5-2-6-13-24/h1-6,10-13,16-19,27-28H,7-9,14-15,20-22,33H2,(H,37,41)(H,38,40)(H,39,42)(H4,34,35,36)/t27-,28-/m0/s1. The fraction of sp³-hybridized carbons (Fsp3) is 0.312. The zero-order valence-corrected chi connectivity index (χ0v) is 24.2. The van der Waals surface area contributed by atoms with Crippen molar-refractivity contribution in [2.24, 2.45) is 22.2 Å². The van der Waals surface area contributed by atoms with E-state index in [1.807, 2.05) is 30.3 Å². The van der Waals surface area contributed by atoms with Crippen molar-refractivity contribution in [3.63, 3.8) is 0 Å². The lowest BCUT2D eigenvalue weighted by Gasteiger charge is -2.23. The highest BCUT2D eigenvalue weighted by atomic mass is 16.5. The fourth-order valence-electron chi connectivity index (χ4n) is 4.24. The Morgan fingerprint density at radius 1 is 0.744 bits per heavy atom. The Hall–Kier alpha value is -4.90. The van der Waals surface area contributed by atoms with E-state index in [9.17, 15) is 14.4 Å². The molecule has 3 aromatic carbocycles. The van der Waals surface area contributed by atoms with E-state index in [0.717, 1.165) is 5.56 Å². The molecule has 3 aromatic rings. The van der Waals surface area contributed by atoms with Crippen LogP contribution in [0.2, 0.25) is 0 Å². The number of amides is 3. The monoisotopic (exact) mass is 587 g/mol. The van der Waals surface area contributed by atoms with Crippen LogP contribution in [-0.4, -0.2) is 48.9 Å². The first-order valence-electron chi connectivity index (χ1n) is 14.3. The van der Waals surface area contributed by atoms with E-state index in [4.69, 9.17) is 21.9 Å². The van der Waals surface area contributed by atoms with Gasteiger partial charge in [-0.1, -0.05) is 48.5 Å². The second-order valence-corrected chi connectivity index (χ2v) is 9.97. The third-order valence-electron chi connectivity index (χ3n) is 6.55. The van der Waals surface area contributed by atoms with Crippen LogP contribution in [-0.2, 0) is 16.2 Å². The summed E-state index contributed by atoms with van der Waals surface area (Å²) < 4.78 is 5.82. The van der Waals surface area contributed by atoms with Crippen molar-refractivity contribution in [2.45, 2.75) is 50.8 Å². The molecular weight excluding hydrogens is 546 g/mol. The number of nitrogens with zero attached hydrogens (tertiary/aromatic N) is 1. The van der Waals surface area contributed by atoms with Crippen LogP contribution in [0.15, 0.2) is 89.9 Å². The molecule has 0 saturated heterocycles. The van der Waals surface area contributed by atoms with Gasteiger partial charge in [0.05, 0.1) is 0 Å². The number of hydrogen-bond donors (Lipinski definition) is 6. The van der Waals surface area contributed by atoms with Crippen molar-refractivity contribution >= 4 is 29.4 Å². The van der Waals surface area contributed by atoms with E-state index in [2.05, 4.69) is 20.9 Å². The van der Waals surface area contributed by atoms with Crippen LogP contribution in [0.3, 0.4) is 0 Å². The van der Waals surface area contributed by atoms with Gasteiger partial charge in [-0.2, -0.15) is 0 Å². The molecule has 228 valence electrons. The molecule has 3 rings (SSSR count). The number of carbonyl (C=O) groups is 3. The first-order chi connectivity index (χ1) is 20.9. The molecule has 0 aromatic heterocycles. The Kier molecular flexibility index (Phi) is 13.5. The summed E-state index contributed by atoms with van der Waals surface area (Å²) in [6.07, 6.45) is 2.41. The predicted octanol–water partition coefficient (Wildman–Crippen LogP) is 2.67. The van der Waals surface area contributed by atoms with Crippen LogP contribution in [0.5, 0.6) is 5.75 Å². The molecule has 0 aliphatic heterocycles. The number of aliphatic imine (C=N–C) groups is 1.